The van der Waals surface area contributed by atoms with Crippen molar-refractivity contribution in [2.75, 3.05) is 10.6 Å². The van der Waals surface area contributed by atoms with Crippen LogP contribution >= 0.6 is 0 Å². The predicted octanol–water partition coefficient (Wildman–Crippen LogP) is 2.77. The fourth-order valence-corrected chi connectivity index (χ4v) is 1.23. The number of benzene rings is 1. The second kappa shape index (κ2) is 5.16. The molecule has 0 radical (unpaired) electrons. The molecule has 0 aliphatic carbocycles. The predicted molar refractivity (Wildman–Crippen MR) is 68.8 cm³/mol. The summed E-state index contributed by atoms with van der Waals surface area (Å²) in [6.45, 7) is 6.60. The van der Waals surface area contributed by atoms with Crippen LogP contribution in [0.4, 0.5) is 15.8 Å². The van der Waals surface area contributed by atoms with Gasteiger partial charge in [0.2, 0.25) is 11.8 Å². The monoisotopic (exact) mass is 252 g/mol. The molecule has 0 aliphatic rings. The van der Waals surface area contributed by atoms with Gasteiger partial charge in [-0.15, -0.1) is 0 Å². The van der Waals surface area contributed by atoms with Gasteiger partial charge in [-0.25, -0.2) is 4.39 Å². The zero-order valence-corrected chi connectivity index (χ0v) is 10.9. The fourth-order valence-electron chi connectivity index (χ4n) is 1.23. The van der Waals surface area contributed by atoms with E-state index < -0.39 is 11.2 Å². The number of amides is 2. The van der Waals surface area contributed by atoms with E-state index in [9.17, 15) is 14.0 Å². The molecule has 2 N–H and O–H groups in total. The quantitative estimate of drug-likeness (QED) is 0.850. The van der Waals surface area contributed by atoms with Crippen LogP contribution in [0.15, 0.2) is 18.2 Å². The smallest absolute Gasteiger partial charge is 0.229 e. The average Bonchev–Trinajstić information content (AvgIpc) is 2.20. The molecule has 18 heavy (non-hydrogen) atoms. The first-order valence-corrected chi connectivity index (χ1v) is 5.59. The van der Waals surface area contributed by atoms with E-state index in [1.807, 2.05) is 0 Å². The average molecular weight is 252 g/mol. The Hall–Kier alpha value is -1.91. The number of hydrogen-bond donors (Lipinski definition) is 2. The molecule has 0 bridgehead atoms. The minimum atomic E-state index is -0.597. The molecule has 5 heteroatoms. The number of rotatable bonds is 2. The lowest BCUT2D eigenvalue weighted by atomic mass is 9.95. The lowest BCUT2D eigenvalue weighted by molar-refractivity contribution is -0.123. The third-order valence-electron chi connectivity index (χ3n) is 2.22. The third-order valence-corrected chi connectivity index (χ3v) is 2.22. The summed E-state index contributed by atoms with van der Waals surface area (Å²) in [5, 5.41) is 5.14. The minimum absolute atomic E-state index is 0.250. The standard InChI is InChI=1S/C13H17FN2O2/c1-8(17)15-10-6-5-9(14)7-11(10)16-12(18)13(2,3)4/h5-7H,1-4H3,(H,15,17)(H,16,18). The van der Waals surface area contributed by atoms with Crippen molar-refractivity contribution in [1.82, 2.24) is 0 Å². The molecule has 0 atom stereocenters. The van der Waals surface area contributed by atoms with Crippen LogP contribution in [0.2, 0.25) is 0 Å². The summed E-state index contributed by atoms with van der Waals surface area (Å²) in [5.74, 6) is -1.01. The van der Waals surface area contributed by atoms with E-state index >= 15 is 0 Å². The molecule has 1 aromatic rings. The van der Waals surface area contributed by atoms with E-state index in [1.54, 1.807) is 20.8 Å². The van der Waals surface area contributed by atoms with Crippen molar-refractivity contribution >= 4 is 23.2 Å². The van der Waals surface area contributed by atoms with Crippen molar-refractivity contribution in [3.05, 3.63) is 24.0 Å². The van der Waals surface area contributed by atoms with E-state index in [-0.39, 0.29) is 17.5 Å². The molecule has 0 aromatic heterocycles. The molecule has 98 valence electrons. The maximum Gasteiger partial charge on any atom is 0.229 e. The van der Waals surface area contributed by atoms with Crippen LogP contribution in [0, 0.1) is 11.2 Å². The highest BCUT2D eigenvalue weighted by Gasteiger charge is 2.22. The van der Waals surface area contributed by atoms with E-state index in [0.29, 0.717) is 5.69 Å². The number of hydrogen-bond acceptors (Lipinski definition) is 2. The maximum atomic E-state index is 13.2. The molecular formula is C13H17FN2O2. The zero-order chi connectivity index (χ0) is 13.9. The van der Waals surface area contributed by atoms with Crippen LogP contribution < -0.4 is 10.6 Å². The Labute approximate surface area is 106 Å². The van der Waals surface area contributed by atoms with E-state index in [4.69, 9.17) is 0 Å². The van der Waals surface area contributed by atoms with Gasteiger partial charge in [0.1, 0.15) is 5.82 Å². The lowest BCUT2D eigenvalue weighted by Crippen LogP contribution is -2.28. The van der Waals surface area contributed by atoms with Crippen molar-refractivity contribution in [2.45, 2.75) is 27.7 Å². The summed E-state index contributed by atoms with van der Waals surface area (Å²) in [4.78, 5) is 22.9. The number of carbonyl (C=O) groups excluding carboxylic acids is 2. The molecule has 0 heterocycles. The highest BCUT2D eigenvalue weighted by molar-refractivity contribution is 6.00. The molecule has 0 unspecified atom stereocenters. The minimum Gasteiger partial charge on any atom is -0.325 e. The largest absolute Gasteiger partial charge is 0.325 e. The highest BCUT2D eigenvalue weighted by Crippen LogP contribution is 2.25. The first-order chi connectivity index (χ1) is 8.20. The molecule has 0 saturated carbocycles. The van der Waals surface area contributed by atoms with Crippen LogP contribution in [-0.4, -0.2) is 11.8 Å². The molecule has 0 saturated heterocycles. The Morgan fingerprint density at radius 1 is 1.11 bits per heavy atom. The first kappa shape index (κ1) is 14.2. The third kappa shape index (κ3) is 3.84. The molecule has 1 rings (SSSR count). The van der Waals surface area contributed by atoms with Crippen molar-refractivity contribution < 1.29 is 14.0 Å². The van der Waals surface area contributed by atoms with E-state index in [2.05, 4.69) is 10.6 Å². The van der Waals surface area contributed by atoms with Gasteiger partial charge in [-0.3, -0.25) is 9.59 Å². The van der Waals surface area contributed by atoms with Crippen molar-refractivity contribution in [3.8, 4) is 0 Å². The number of anilines is 2. The zero-order valence-electron chi connectivity index (χ0n) is 10.9. The second-order valence-corrected chi connectivity index (χ2v) is 5.08. The Bertz CT molecular complexity index is 478. The van der Waals surface area contributed by atoms with Gasteiger partial charge in [0.25, 0.3) is 0 Å². The molecule has 2 amide bonds. The van der Waals surface area contributed by atoms with Crippen LogP contribution in [0.5, 0.6) is 0 Å². The van der Waals surface area contributed by atoms with Gasteiger partial charge in [-0.2, -0.15) is 0 Å². The molecule has 4 nitrogen and oxygen atoms in total. The van der Waals surface area contributed by atoms with Gasteiger partial charge in [0.15, 0.2) is 0 Å². The summed E-state index contributed by atoms with van der Waals surface area (Å²) >= 11 is 0. The lowest BCUT2D eigenvalue weighted by Gasteiger charge is -2.19. The summed E-state index contributed by atoms with van der Waals surface area (Å²) in [6.07, 6.45) is 0. The summed E-state index contributed by atoms with van der Waals surface area (Å²) < 4.78 is 13.2. The molecule has 0 aliphatic heterocycles. The van der Waals surface area contributed by atoms with Crippen molar-refractivity contribution in [2.24, 2.45) is 5.41 Å². The van der Waals surface area contributed by atoms with Crippen molar-refractivity contribution in [1.29, 1.82) is 0 Å². The summed E-state index contributed by atoms with van der Waals surface area (Å²) in [6, 6.07) is 3.81. The first-order valence-electron chi connectivity index (χ1n) is 5.59. The fraction of sp³-hybridized carbons (Fsp3) is 0.385. The van der Waals surface area contributed by atoms with Crippen LogP contribution in [-0.2, 0) is 9.59 Å². The van der Waals surface area contributed by atoms with Gasteiger partial charge in [-0.05, 0) is 18.2 Å². The SMILES string of the molecule is CC(=O)Nc1ccc(F)cc1NC(=O)C(C)(C)C. The molecule has 0 spiro atoms. The Morgan fingerprint density at radius 3 is 2.22 bits per heavy atom. The van der Waals surface area contributed by atoms with Gasteiger partial charge in [0, 0.05) is 12.3 Å². The van der Waals surface area contributed by atoms with Gasteiger partial charge >= 0.3 is 0 Å². The van der Waals surface area contributed by atoms with Crippen molar-refractivity contribution in [3.63, 3.8) is 0 Å². The number of carbonyl (C=O) groups is 2. The van der Waals surface area contributed by atoms with Crippen LogP contribution in [0.25, 0.3) is 0 Å². The van der Waals surface area contributed by atoms with E-state index in [1.165, 1.54) is 25.1 Å². The van der Waals surface area contributed by atoms with E-state index in [0.717, 1.165) is 0 Å². The van der Waals surface area contributed by atoms with Gasteiger partial charge in [0.05, 0.1) is 11.4 Å². The van der Waals surface area contributed by atoms with Crippen LogP contribution in [0.1, 0.15) is 27.7 Å². The summed E-state index contributed by atoms with van der Waals surface area (Å²) in [7, 11) is 0. The maximum absolute atomic E-state index is 13.2. The topological polar surface area (TPSA) is 58.2 Å². The highest BCUT2D eigenvalue weighted by atomic mass is 19.1. The van der Waals surface area contributed by atoms with Crippen LogP contribution in [0.3, 0.4) is 0 Å². The second-order valence-electron chi connectivity index (χ2n) is 5.08. The Balaban J connectivity index is 3.02. The normalized spacial score (nSPS) is 10.9. The Morgan fingerprint density at radius 2 is 1.72 bits per heavy atom. The van der Waals surface area contributed by atoms with Gasteiger partial charge in [-0.1, -0.05) is 20.8 Å². The number of halogens is 1. The molecule has 1 aromatic carbocycles. The molecular weight excluding hydrogens is 235 g/mol. The summed E-state index contributed by atoms with van der Waals surface area (Å²) in [5.41, 5.74) is 0.0337. The van der Waals surface area contributed by atoms with Gasteiger partial charge < -0.3 is 10.6 Å². The Kier molecular flexibility index (Phi) is 4.06. The molecule has 0 fully saturated rings. The number of nitrogens with one attached hydrogen (secondary N) is 2.